The SMILES string of the molecule is C[C@@H](c1ccccc1)[C@H](O)/C=C/[C@@H]1C2CCC(O2)[C@@H]1C/C=C\CCCC(=O)O. The number of hydrogen-bond donors (Lipinski definition) is 2. The van der Waals surface area contributed by atoms with Crippen LogP contribution in [0, 0.1) is 11.8 Å². The zero-order chi connectivity index (χ0) is 19.9. The second-order valence-corrected chi connectivity index (χ2v) is 8.10. The fraction of sp³-hybridized carbons (Fsp3) is 0.542. The summed E-state index contributed by atoms with van der Waals surface area (Å²) in [4.78, 5) is 10.6. The zero-order valence-corrected chi connectivity index (χ0v) is 16.6. The topological polar surface area (TPSA) is 66.8 Å². The van der Waals surface area contributed by atoms with E-state index in [1.807, 2.05) is 24.3 Å². The summed E-state index contributed by atoms with van der Waals surface area (Å²) in [6, 6.07) is 10.1. The van der Waals surface area contributed by atoms with E-state index >= 15 is 0 Å². The number of aliphatic hydroxyl groups is 1. The monoisotopic (exact) mass is 384 g/mol. The van der Waals surface area contributed by atoms with Crippen molar-refractivity contribution >= 4 is 5.97 Å². The summed E-state index contributed by atoms with van der Waals surface area (Å²) >= 11 is 0. The molecule has 4 nitrogen and oxygen atoms in total. The smallest absolute Gasteiger partial charge is 0.303 e. The summed E-state index contributed by atoms with van der Waals surface area (Å²) in [6.45, 7) is 2.05. The molecule has 0 spiro atoms. The molecule has 0 aromatic heterocycles. The number of benzene rings is 1. The maximum atomic E-state index is 10.6. The van der Waals surface area contributed by atoms with Gasteiger partial charge < -0.3 is 14.9 Å². The molecule has 0 saturated carbocycles. The van der Waals surface area contributed by atoms with Crippen LogP contribution in [0.3, 0.4) is 0 Å². The molecule has 2 unspecified atom stereocenters. The molecule has 28 heavy (non-hydrogen) atoms. The second kappa shape index (κ2) is 10.0. The predicted octanol–water partition coefficient (Wildman–Crippen LogP) is 4.70. The van der Waals surface area contributed by atoms with Crippen molar-refractivity contribution in [3.05, 3.63) is 60.2 Å². The average molecular weight is 385 g/mol. The first-order chi connectivity index (χ1) is 13.6. The first-order valence-electron chi connectivity index (χ1n) is 10.5. The molecule has 2 aliphatic rings. The van der Waals surface area contributed by atoms with Crippen molar-refractivity contribution < 1.29 is 19.7 Å². The van der Waals surface area contributed by atoms with Crippen LogP contribution in [-0.2, 0) is 9.53 Å². The van der Waals surface area contributed by atoms with Gasteiger partial charge in [0.1, 0.15) is 0 Å². The average Bonchev–Trinajstić information content (AvgIpc) is 3.30. The predicted molar refractivity (Wildman–Crippen MR) is 110 cm³/mol. The molecule has 0 amide bonds. The summed E-state index contributed by atoms with van der Waals surface area (Å²) in [5.41, 5.74) is 1.14. The first-order valence-corrected chi connectivity index (χ1v) is 10.5. The van der Waals surface area contributed by atoms with Gasteiger partial charge in [-0.1, -0.05) is 61.6 Å². The third-order valence-electron chi connectivity index (χ3n) is 6.19. The summed E-state index contributed by atoms with van der Waals surface area (Å²) in [5.74, 6) is 0.123. The van der Waals surface area contributed by atoms with Gasteiger partial charge in [-0.2, -0.15) is 0 Å². The third kappa shape index (κ3) is 5.33. The van der Waals surface area contributed by atoms with Gasteiger partial charge in [0, 0.05) is 18.3 Å². The fourth-order valence-corrected chi connectivity index (χ4v) is 4.49. The van der Waals surface area contributed by atoms with E-state index in [0.29, 0.717) is 24.4 Å². The number of carbonyl (C=O) groups is 1. The summed E-state index contributed by atoms with van der Waals surface area (Å²) in [7, 11) is 0. The lowest BCUT2D eigenvalue weighted by atomic mass is 9.77. The third-order valence-corrected chi connectivity index (χ3v) is 6.19. The highest BCUT2D eigenvalue weighted by molar-refractivity contribution is 5.66. The summed E-state index contributed by atoms with van der Waals surface area (Å²) < 4.78 is 6.14. The second-order valence-electron chi connectivity index (χ2n) is 8.10. The lowest BCUT2D eigenvalue weighted by Gasteiger charge is -2.25. The highest BCUT2D eigenvalue weighted by atomic mass is 16.5. The Morgan fingerprint density at radius 2 is 1.96 bits per heavy atom. The molecule has 1 aromatic rings. The Bertz CT molecular complexity index is 681. The number of carboxylic acids is 1. The van der Waals surface area contributed by atoms with Gasteiger partial charge in [-0.05, 0) is 43.6 Å². The zero-order valence-electron chi connectivity index (χ0n) is 16.6. The number of fused-ring (bicyclic) bond motifs is 2. The minimum Gasteiger partial charge on any atom is -0.481 e. The van der Waals surface area contributed by atoms with Crippen LogP contribution in [0.25, 0.3) is 0 Å². The van der Waals surface area contributed by atoms with Gasteiger partial charge in [0.05, 0.1) is 18.3 Å². The maximum Gasteiger partial charge on any atom is 0.303 e. The molecule has 2 N–H and O–H groups in total. The van der Waals surface area contributed by atoms with Crippen LogP contribution in [0.2, 0.25) is 0 Å². The van der Waals surface area contributed by atoms with Gasteiger partial charge >= 0.3 is 5.97 Å². The van der Waals surface area contributed by atoms with E-state index in [1.165, 1.54) is 0 Å². The normalized spacial score (nSPS) is 28.9. The van der Waals surface area contributed by atoms with E-state index in [0.717, 1.165) is 31.2 Å². The fourth-order valence-electron chi connectivity index (χ4n) is 4.49. The van der Waals surface area contributed by atoms with E-state index in [-0.39, 0.29) is 18.4 Å². The van der Waals surface area contributed by atoms with Gasteiger partial charge in [-0.15, -0.1) is 0 Å². The van der Waals surface area contributed by atoms with Crippen LogP contribution >= 0.6 is 0 Å². The van der Waals surface area contributed by atoms with Crippen molar-refractivity contribution in [3.8, 4) is 0 Å². The minimum atomic E-state index is -0.733. The molecular formula is C24H32O4. The summed E-state index contributed by atoms with van der Waals surface area (Å²) in [6.07, 6.45) is 13.4. The Morgan fingerprint density at radius 3 is 2.71 bits per heavy atom. The van der Waals surface area contributed by atoms with Gasteiger partial charge in [-0.25, -0.2) is 0 Å². The van der Waals surface area contributed by atoms with E-state index in [4.69, 9.17) is 9.84 Å². The first kappa shape index (κ1) is 20.8. The Kier molecular flexibility index (Phi) is 7.46. The quantitative estimate of drug-likeness (QED) is 0.453. The van der Waals surface area contributed by atoms with Crippen LogP contribution in [-0.4, -0.2) is 34.5 Å². The van der Waals surface area contributed by atoms with Gasteiger partial charge in [0.25, 0.3) is 0 Å². The number of hydrogen-bond acceptors (Lipinski definition) is 3. The molecule has 3 rings (SSSR count). The van der Waals surface area contributed by atoms with Crippen molar-refractivity contribution in [2.24, 2.45) is 11.8 Å². The highest BCUT2D eigenvalue weighted by Crippen LogP contribution is 2.46. The Morgan fingerprint density at radius 1 is 1.21 bits per heavy atom. The van der Waals surface area contributed by atoms with E-state index in [2.05, 4.69) is 37.3 Å². The van der Waals surface area contributed by atoms with E-state index in [9.17, 15) is 9.90 Å². The van der Waals surface area contributed by atoms with Crippen molar-refractivity contribution in [2.75, 3.05) is 0 Å². The van der Waals surface area contributed by atoms with Crippen molar-refractivity contribution in [1.29, 1.82) is 0 Å². The number of aliphatic carboxylic acids is 1. The van der Waals surface area contributed by atoms with Crippen molar-refractivity contribution in [3.63, 3.8) is 0 Å². The molecule has 4 heteroatoms. The number of unbranched alkanes of at least 4 members (excludes halogenated alkanes) is 1. The van der Waals surface area contributed by atoms with Crippen LogP contribution in [0.1, 0.15) is 56.9 Å². The number of ether oxygens (including phenoxy) is 1. The Balaban J connectivity index is 1.54. The van der Waals surface area contributed by atoms with Gasteiger partial charge in [0.15, 0.2) is 0 Å². The lowest BCUT2D eigenvalue weighted by Crippen LogP contribution is -2.26. The van der Waals surface area contributed by atoms with E-state index in [1.54, 1.807) is 0 Å². The van der Waals surface area contributed by atoms with Crippen LogP contribution < -0.4 is 0 Å². The van der Waals surface area contributed by atoms with Gasteiger partial charge in [0.2, 0.25) is 0 Å². The van der Waals surface area contributed by atoms with Crippen molar-refractivity contribution in [2.45, 2.75) is 69.7 Å². The number of rotatable bonds is 10. The standard InChI is InChI=1S/C24H32O4/c1-17(18-9-5-4-6-10-18)21(25)14-13-20-19(22-15-16-23(20)28-22)11-7-2-3-8-12-24(26)27/h2,4-7,9-10,13-14,17,19-23,25H,3,8,11-12,15-16H2,1H3,(H,26,27)/b7-2-,14-13+/t17-,19+,20-,21+,22?,23?/m0/s1. The molecule has 2 heterocycles. The molecule has 2 fully saturated rings. The molecule has 6 atom stereocenters. The highest BCUT2D eigenvalue weighted by Gasteiger charge is 2.46. The largest absolute Gasteiger partial charge is 0.481 e. The summed E-state index contributed by atoms with van der Waals surface area (Å²) in [5, 5.41) is 19.3. The molecule has 152 valence electrons. The molecule has 2 bridgehead atoms. The van der Waals surface area contributed by atoms with E-state index < -0.39 is 12.1 Å². The number of carboxylic acid groups (broad SMARTS) is 1. The lowest BCUT2D eigenvalue weighted by molar-refractivity contribution is -0.137. The molecule has 0 radical (unpaired) electrons. The van der Waals surface area contributed by atoms with Crippen molar-refractivity contribution in [1.82, 2.24) is 0 Å². The maximum absolute atomic E-state index is 10.6. The minimum absolute atomic E-state index is 0.0598. The molecule has 0 aliphatic carbocycles. The van der Waals surface area contributed by atoms with Crippen LogP contribution in [0.4, 0.5) is 0 Å². The molecule has 1 aromatic carbocycles. The number of allylic oxidation sites excluding steroid dienone is 2. The Labute approximate surface area is 167 Å². The van der Waals surface area contributed by atoms with Gasteiger partial charge in [-0.3, -0.25) is 4.79 Å². The Hall–Kier alpha value is -1.91. The van der Waals surface area contributed by atoms with Crippen LogP contribution in [0.5, 0.6) is 0 Å². The molecule has 2 saturated heterocycles. The number of aliphatic hydroxyl groups excluding tert-OH is 1. The molecular weight excluding hydrogens is 352 g/mol. The van der Waals surface area contributed by atoms with Crippen LogP contribution in [0.15, 0.2) is 54.6 Å². The molecule has 2 aliphatic heterocycles.